The minimum Gasteiger partial charge on any atom is -0.495 e. The second kappa shape index (κ2) is 12.2. The number of ether oxygens (including phenoxy) is 1. The molecule has 0 aliphatic heterocycles. The highest BCUT2D eigenvalue weighted by Crippen LogP contribution is 2.34. The first-order chi connectivity index (χ1) is 16.8. The Kier molecular flexibility index (Phi) is 9.91. The van der Waals surface area contributed by atoms with Crippen molar-refractivity contribution in [1.82, 2.24) is 10.2 Å². The second-order valence-corrected chi connectivity index (χ2v) is 10.4. The van der Waals surface area contributed by atoms with Crippen LogP contribution in [0, 0.1) is 10.1 Å². The number of nitro groups is 1. The number of nitrogens with zero attached hydrogens (tertiary/aromatic N) is 3. The van der Waals surface area contributed by atoms with Gasteiger partial charge in [0.25, 0.3) is 5.69 Å². The SMILES string of the molecule is CC[C@@H](C(=O)NC)N(Cc1ccc(Cl)c(Cl)c1)C(=O)CN(c1cc([N+](=O)[O-])ccc1OC)S(C)(=O)=O. The van der Waals surface area contributed by atoms with Gasteiger partial charge in [-0.15, -0.1) is 0 Å². The molecule has 0 fully saturated rings. The monoisotopic (exact) mass is 560 g/mol. The van der Waals surface area contributed by atoms with Gasteiger partial charge in [-0.05, 0) is 30.2 Å². The molecule has 1 atom stereocenters. The highest BCUT2D eigenvalue weighted by Gasteiger charge is 2.33. The molecular formula is C22H26Cl2N4O7S. The molecule has 2 amide bonds. The van der Waals surface area contributed by atoms with Crippen molar-refractivity contribution in [3.05, 3.63) is 62.1 Å². The highest BCUT2D eigenvalue weighted by molar-refractivity contribution is 7.92. The molecule has 14 heteroatoms. The molecule has 2 rings (SSSR count). The third-order valence-corrected chi connectivity index (χ3v) is 7.16. The number of carbonyl (C=O) groups is 2. The average molecular weight is 561 g/mol. The van der Waals surface area contributed by atoms with Crippen LogP contribution in [0.4, 0.5) is 11.4 Å². The van der Waals surface area contributed by atoms with Crippen LogP contribution in [0.5, 0.6) is 5.75 Å². The van der Waals surface area contributed by atoms with Crippen LogP contribution in [0.3, 0.4) is 0 Å². The van der Waals surface area contributed by atoms with E-state index in [1.165, 1.54) is 25.1 Å². The molecule has 11 nitrogen and oxygen atoms in total. The Bertz CT molecular complexity index is 1260. The molecule has 36 heavy (non-hydrogen) atoms. The van der Waals surface area contributed by atoms with E-state index in [4.69, 9.17) is 27.9 Å². The number of nitrogens with one attached hydrogen (secondary N) is 1. The number of amides is 2. The molecule has 0 saturated carbocycles. The summed E-state index contributed by atoms with van der Waals surface area (Å²) in [7, 11) is -1.43. The van der Waals surface area contributed by atoms with Gasteiger partial charge in [-0.3, -0.25) is 24.0 Å². The predicted octanol–water partition coefficient (Wildman–Crippen LogP) is 3.23. The maximum absolute atomic E-state index is 13.6. The largest absolute Gasteiger partial charge is 0.495 e. The van der Waals surface area contributed by atoms with Crippen molar-refractivity contribution in [2.75, 3.05) is 31.3 Å². The summed E-state index contributed by atoms with van der Waals surface area (Å²) in [5.74, 6) is -1.17. The Morgan fingerprint density at radius 1 is 1.17 bits per heavy atom. The number of hydrogen-bond acceptors (Lipinski definition) is 7. The standard InChI is InChI=1S/C22H26Cl2N4O7S/c1-5-18(22(30)25-2)26(12-14-6-8-16(23)17(24)10-14)21(29)13-27(36(4,33)34)19-11-15(28(31)32)7-9-20(19)35-3/h6-11,18H,5,12-13H2,1-4H3,(H,25,30)/t18-/m0/s1. The van der Waals surface area contributed by atoms with Crippen molar-refractivity contribution in [1.29, 1.82) is 0 Å². The van der Waals surface area contributed by atoms with Crippen LogP contribution in [0.1, 0.15) is 18.9 Å². The van der Waals surface area contributed by atoms with E-state index in [1.807, 2.05) is 0 Å². The lowest BCUT2D eigenvalue weighted by atomic mass is 10.1. The fourth-order valence-corrected chi connectivity index (χ4v) is 4.67. The van der Waals surface area contributed by atoms with Crippen molar-refractivity contribution < 1.29 is 27.7 Å². The molecule has 0 heterocycles. The van der Waals surface area contributed by atoms with Crippen LogP contribution < -0.4 is 14.4 Å². The molecule has 0 aromatic heterocycles. The van der Waals surface area contributed by atoms with Gasteiger partial charge in [0.15, 0.2) is 0 Å². The first-order valence-corrected chi connectivity index (χ1v) is 13.2. The molecule has 0 aliphatic carbocycles. The summed E-state index contributed by atoms with van der Waals surface area (Å²) in [5, 5.41) is 14.4. The molecule has 0 bridgehead atoms. The third kappa shape index (κ3) is 6.99. The molecule has 0 unspecified atom stereocenters. The van der Waals surface area contributed by atoms with Crippen molar-refractivity contribution in [3.8, 4) is 5.75 Å². The van der Waals surface area contributed by atoms with Gasteiger partial charge in [0, 0.05) is 25.7 Å². The molecule has 1 N–H and O–H groups in total. The smallest absolute Gasteiger partial charge is 0.271 e. The van der Waals surface area contributed by atoms with Crippen LogP contribution in [0.15, 0.2) is 36.4 Å². The van der Waals surface area contributed by atoms with Gasteiger partial charge >= 0.3 is 0 Å². The Hall–Kier alpha value is -3.09. The molecule has 0 saturated heterocycles. The van der Waals surface area contributed by atoms with Crippen LogP contribution in [0.2, 0.25) is 10.0 Å². The number of methoxy groups -OCH3 is 1. The number of halogens is 2. The zero-order valence-electron chi connectivity index (χ0n) is 20.0. The highest BCUT2D eigenvalue weighted by atomic mass is 35.5. The number of benzene rings is 2. The van der Waals surface area contributed by atoms with Gasteiger partial charge in [-0.25, -0.2) is 8.42 Å². The summed E-state index contributed by atoms with van der Waals surface area (Å²) >= 11 is 12.1. The lowest BCUT2D eigenvalue weighted by molar-refractivity contribution is -0.384. The maximum Gasteiger partial charge on any atom is 0.271 e. The Balaban J connectivity index is 2.57. The average Bonchev–Trinajstić information content (AvgIpc) is 2.82. The van der Waals surface area contributed by atoms with Crippen LogP contribution in [-0.4, -0.2) is 63.1 Å². The quantitative estimate of drug-likeness (QED) is 0.328. The molecular weight excluding hydrogens is 535 g/mol. The predicted molar refractivity (Wildman–Crippen MR) is 137 cm³/mol. The molecule has 0 radical (unpaired) electrons. The maximum atomic E-state index is 13.6. The van der Waals surface area contributed by atoms with E-state index in [0.29, 0.717) is 14.9 Å². The van der Waals surface area contributed by atoms with E-state index in [-0.39, 0.29) is 29.4 Å². The first-order valence-electron chi connectivity index (χ1n) is 10.6. The molecule has 0 spiro atoms. The molecule has 2 aromatic rings. The van der Waals surface area contributed by atoms with Gasteiger partial charge in [-0.2, -0.15) is 0 Å². The molecule has 0 aliphatic rings. The van der Waals surface area contributed by atoms with Crippen molar-refractivity contribution in [2.45, 2.75) is 25.9 Å². The number of carbonyl (C=O) groups excluding carboxylic acids is 2. The summed E-state index contributed by atoms with van der Waals surface area (Å²) in [6.07, 6.45) is 1.09. The first kappa shape index (κ1) is 29.1. The van der Waals surface area contributed by atoms with Crippen LogP contribution >= 0.6 is 23.2 Å². The van der Waals surface area contributed by atoms with Crippen molar-refractivity contribution >= 4 is 56.4 Å². The topological polar surface area (TPSA) is 139 Å². The number of sulfonamides is 1. The normalized spacial score (nSPS) is 11.9. The lowest BCUT2D eigenvalue weighted by Gasteiger charge is -2.32. The summed E-state index contributed by atoms with van der Waals surface area (Å²) in [6.45, 7) is 0.878. The zero-order chi connectivity index (χ0) is 27.2. The van der Waals surface area contributed by atoms with Gasteiger partial charge in [0.2, 0.25) is 21.8 Å². The van der Waals surface area contributed by atoms with Crippen LogP contribution in [-0.2, 0) is 26.2 Å². The van der Waals surface area contributed by atoms with E-state index >= 15 is 0 Å². The van der Waals surface area contributed by atoms with E-state index in [0.717, 1.165) is 18.4 Å². The minimum atomic E-state index is -4.12. The number of rotatable bonds is 11. The number of likely N-dealkylation sites (N-methyl/N-ethyl adjacent to an activating group) is 1. The second-order valence-electron chi connectivity index (χ2n) is 7.69. The number of nitro benzene ring substituents is 1. The summed E-state index contributed by atoms with van der Waals surface area (Å²) in [4.78, 5) is 38.0. The Labute approximate surface area is 219 Å². The summed E-state index contributed by atoms with van der Waals surface area (Å²) in [5.41, 5.74) is -0.0275. The van der Waals surface area contributed by atoms with E-state index in [2.05, 4.69) is 5.32 Å². The van der Waals surface area contributed by atoms with E-state index in [1.54, 1.807) is 25.1 Å². The van der Waals surface area contributed by atoms with Crippen molar-refractivity contribution in [3.63, 3.8) is 0 Å². The Morgan fingerprint density at radius 3 is 2.33 bits per heavy atom. The fraction of sp³-hybridized carbons (Fsp3) is 0.364. The van der Waals surface area contributed by atoms with Gasteiger partial charge in [0.05, 0.1) is 28.3 Å². The van der Waals surface area contributed by atoms with E-state index in [9.17, 15) is 28.1 Å². The van der Waals surface area contributed by atoms with Crippen LogP contribution in [0.25, 0.3) is 0 Å². The lowest BCUT2D eigenvalue weighted by Crippen LogP contribution is -2.51. The number of anilines is 1. The van der Waals surface area contributed by atoms with Crippen molar-refractivity contribution in [2.24, 2.45) is 0 Å². The molecule has 196 valence electrons. The summed E-state index contributed by atoms with van der Waals surface area (Å²) in [6, 6.07) is 7.17. The van der Waals surface area contributed by atoms with E-state index < -0.39 is 45.0 Å². The van der Waals surface area contributed by atoms with Gasteiger partial charge in [-0.1, -0.05) is 36.2 Å². The fourth-order valence-electron chi connectivity index (χ4n) is 3.50. The zero-order valence-corrected chi connectivity index (χ0v) is 22.4. The Morgan fingerprint density at radius 2 is 1.83 bits per heavy atom. The summed E-state index contributed by atoms with van der Waals surface area (Å²) < 4.78 is 31.4. The van der Waals surface area contributed by atoms with Gasteiger partial charge < -0.3 is 15.0 Å². The van der Waals surface area contributed by atoms with Gasteiger partial charge in [0.1, 0.15) is 24.0 Å². The number of non-ortho nitro benzene ring substituents is 1. The minimum absolute atomic E-state index is 0.00759. The molecule has 2 aromatic carbocycles. The number of hydrogen-bond donors (Lipinski definition) is 1. The third-order valence-electron chi connectivity index (χ3n) is 5.29.